The zero-order chi connectivity index (χ0) is 21.1. The predicted molar refractivity (Wildman–Crippen MR) is 118 cm³/mol. The van der Waals surface area contributed by atoms with Crippen LogP contribution in [0.3, 0.4) is 0 Å². The van der Waals surface area contributed by atoms with E-state index >= 15 is 0 Å². The predicted octanol–water partition coefficient (Wildman–Crippen LogP) is 3.15. The second-order valence-electron chi connectivity index (χ2n) is 8.70. The van der Waals surface area contributed by atoms with Gasteiger partial charge in [0.05, 0.1) is 12.7 Å². The molecule has 0 bridgehead atoms. The maximum atomic E-state index is 13.5. The molecule has 2 aliphatic rings. The molecular formula is C24H32FN3O2. The van der Waals surface area contributed by atoms with Crippen molar-refractivity contribution in [2.45, 2.75) is 24.5 Å². The van der Waals surface area contributed by atoms with E-state index in [1.807, 2.05) is 18.2 Å². The van der Waals surface area contributed by atoms with E-state index in [-0.39, 0.29) is 5.82 Å². The van der Waals surface area contributed by atoms with Crippen LogP contribution >= 0.6 is 0 Å². The minimum atomic E-state index is -0.690. The fraction of sp³-hybridized carbons (Fsp3) is 0.500. The van der Waals surface area contributed by atoms with Gasteiger partial charge in [0.2, 0.25) is 0 Å². The molecule has 0 saturated carbocycles. The van der Waals surface area contributed by atoms with E-state index in [0.717, 1.165) is 44.2 Å². The van der Waals surface area contributed by atoms with Gasteiger partial charge in [0, 0.05) is 51.0 Å². The summed E-state index contributed by atoms with van der Waals surface area (Å²) in [6.45, 7) is 5.01. The van der Waals surface area contributed by atoms with E-state index < -0.39 is 5.60 Å². The van der Waals surface area contributed by atoms with Gasteiger partial charge in [0.25, 0.3) is 0 Å². The van der Waals surface area contributed by atoms with Gasteiger partial charge in [-0.3, -0.25) is 9.80 Å². The summed E-state index contributed by atoms with van der Waals surface area (Å²) in [7, 11) is 3.85. The summed E-state index contributed by atoms with van der Waals surface area (Å²) in [4.78, 5) is 6.95. The van der Waals surface area contributed by atoms with E-state index in [9.17, 15) is 9.50 Å². The van der Waals surface area contributed by atoms with Gasteiger partial charge in [-0.15, -0.1) is 0 Å². The summed E-state index contributed by atoms with van der Waals surface area (Å²) in [5.74, 6) is 0.656. The number of nitrogens with zero attached hydrogens (tertiary/aromatic N) is 3. The number of methoxy groups -OCH3 is 1. The number of hydrogen-bond donors (Lipinski definition) is 1. The topological polar surface area (TPSA) is 39.2 Å². The van der Waals surface area contributed by atoms with E-state index in [1.54, 1.807) is 19.2 Å². The SMILES string of the molecule is COc1ccc([C@H]2CN(CC3(O)CCN(c4cccc(F)c4)CC3)CCN2C)cc1. The molecule has 2 saturated heterocycles. The second-order valence-corrected chi connectivity index (χ2v) is 8.70. The van der Waals surface area contributed by atoms with Gasteiger partial charge in [-0.1, -0.05) is 18.2 Å². The van der Waals surface area contributed by atoms with Crippen LogP contribution in [0.15, 0.2) is 48.5 Å². The molecule has 30 heavy (non-hydrogen) atoms. The molecule has 5 nitrogen and oxygen atoms in total. The molecule has 0 aromatic heterocycles. The number of halogens is 1. The molecular weight excluding hydrogens is 381 g/mol. The Bertz CT molecular complexity index is 837. The minimum absolute atomic E-state index is 0.213. The summed E-state index contributed by atoms with van der Waals surface area (Å²) in [5, 5.41) is 11.3. The number of piperazine rings is 1. The number of anilines is 1. The number of β-amino-alcohol motifs (C(OH)–C–C–N with tert-alkyl or cyclic N) is 1. The van der Waals surface area contributed by atoms with Crippen molar-refractivity contribution in [3.8, 4) is 5.75 Å². The van der Waals surface area contributed by atoms with Crippen LogP contribution in [0, 0.1) is 5.82 Å². The third-order valence-corrected chi connectivity index (χ3v) is 6.62. The molecule has 2 aromatic carbocycles. The van der Waals surface area contributed by atoms with Crippen LogP contribution in [-0.2, 0) is 0 Å². The van der Waals surface area contributed by atoms with Crippen molar-refractivity contribution in [1.29, 1.82) is 0 Å². The van der Waals surface area contributed by atoms with Crippen molar-refractivity contribution < 1.29 is 14.2 Å². The highest BCUT2D eigenvalue weighted by molar-refractivity contribution is 5.47. The molecule has 6 heteroatoms. The summed E-state index contributed by atoms with van der Waals surface area (Å²) in [6.07, 6.45) is 1.39. The van der Waals surface area contributed by atoms with E-state index in [0.29, 0.717) is 25.4 Å². The number of hydrogen-bond acceptors (Lipinski definition) is 5. The first-order valence-corrected chi connectivity index (χ1v) is 10.8. The van der Waals surface area contributed by atoms with Gasteiger partial charge >= 0.3 is 0 Å². The fourth-order valence-corrected chi connectivity index (χ4v) is 4.69. The van der Waals surface area contributed by atoms with Crippen LogP contribution in [0.4, 0.5) is 10.1 Å². The largest absolute Gasteiger partial charge is 0.497 e. The zero-order valence-electron chi connectivity index (χ0n) is 17.9. The Morgan fingerprint density at radius 1 is 1.07 bits per heavy atom. The van der Waals surface area contributed by atoms with Gasteiger partial charge in [0.1, 0.15) is 11.6 Å². The standard InChI is InChI=1S/C24H32FN3O2/c1-26-14-15-27(17-23(26)19-6-8-22(30-2)9-7-19)18-24(29)10-12-28(13-11-24)21-5-3-4-20(25)16-21/h3-9,16,23,29H,10-15,17-18H2,1-2H3/t23-/m1/s1. The number of likely N-dealkylation sites (N-methyl/N-ethyl adjacent to an activating group) is 1. The van der Waals surface area contributed by atoms with E-state index in [2.05, 4.69) is 33.9 Å². The summed E-state index contributed by atoms with van der Waals surface area (Å²) < 4.78 is 18.8. The lowest BCUT2D eigenvalue weighted by Crippen LogP contribution is -2.55. The maximum Gasteiger partial charge on any atom is 0.125 e. The smallest absolute Gasteiger partial charge is 0.125 e. The maximum absolute atomic E-state index is 13.5. The van der Waals surface area contributed by atoms with Crippen LogP contribution < -0.4 is 9.64 Å². The minimum Gasteiger partial charge on any atom is -0.497 e. The van der Waals surface area contributed by atoms with Gasteiger partial charge in [-0.05, 0) is 55.8 Å². The highest BCUT2D eigenvalue weighted by atomic mass is 19.1. The van der Waals surface area contributed by atoms with Crippen molar-refractivity contribution in [1.82, 2.24) is 9.80 Å². The molecule has 0 amide bonds. The van der Waals surface area contributed by atoms with Gasteiger partial charge < -0.3 is 14.7 Å². The quantitative estimate of drug-likeness (QED) is 0.815. The summed E-state index contributed by atoms with van der Waals surface area (Å²) >= 11 is 0. The van der Waals surface area contributed by atoms with Crippen molar-refractivity contribution in [2.24, 2.45) is 0 Å². The Morgan fingerprint density at radius 3 is 2.47 bits per heavy atom. The lowest BCUT2D eigenvalue weighted by Gasteiger charge is -2.45. The lowest BCUT2D eigenvalue weighted by molar-refractivity contribution is -0.0335. The van der Waals surface area contributed by atoms with Gasteiger partial charge in [0.15, 0.2) is 0 Å². The van der Waals surface area contributed by atoms with Crippen molar-refractivity contribution in [2.75, 3.05) is 58.3 Å². The van der Waals surface area contributed by atoms with Crippen LogP contribution in [0.2, 0.25) is 0 Å². The molecule has 2 aliphatic heterocycles. The first-order chi connectivity index (χ1) is 14.5. The number of piperidine rings is 1. The third kappa shape index (κ3) is 4.77. The average Bonchev–Trinajstić information content (AvgIpc) is 2.75. The van der Waals surface area contributed by atoms with Gasteiger partial charge in [-0.25, -0.2) is 4.39 Å². The number of ether oxygens (including phenoxy) is 1. The molecule has 0 aliphatic carbocycles. The molecule has 4 rings (SSSR count). The second kappa shape index (κ2) is 8.92. The molecule has 2 heterocycles. The molecule has 2 aromatic rings. The molecule has 162 valence electrons. The van der Waals surface area contributed by atoms with E-state index in [4.69, 9.17) is 4.74 Å². The van der Waals surface area contributed by atoms with Crippen LogP contribution in [0.5, 0.6) is 5.75 Å². The summed E-state index contributed by atoms with van der Waals surface area (Å²) in [6, 6.07) is 15.3. The van der Waals surface area contributed by atoms with Crippen LogP contribution in [0.25, 0.3) is 0 Å². The van der Waals surface area contributed by atoms with Crippen molar-refractivity contribution in [3.63, 3.8) is 0 Å². The normalized spacial score (nSPS) is 22.8. The average molecular weight is 414 g/mol. The van der Waals surface area contributed by atoms with Crippen molar-refractivity contribution >= 4 is 5.69 Å². The Labute approximate surface area is 178 Å². The van der Waals surface area contributed by atoms with Crippen LogP contribution in [0.1, 0.15) is 24.4 Å². The highest BCUT2D eigenvalue weighted by Gasteiger charge is 2.36. The third-order valence-electron chi connectivity index (χ3n) is 6.62. The monoisotopic (exact) mass is 413 g/mol. The highest BCUT2D eigenvalue weighted by Crippen LogP contribution is 2.30. The number of benzene rings is 2. The first kappa shape index (κ1) is 21.1. The fourth-order valence-electron chi connectivity index (χ4n) is 4.69. The molecule has 1 N–H and O–H groups in total. The Balaban J connectivity index is 1.36. The first-order valence-electron chi connectivity index (χ1n) is 10.8. The van der Waals surface area contributed by atoms with Crippen molar-refractivity contribution in [3.05, 3.63) is 59.9 Å². The summed E-state index contributed by atoms with van der Waals surface area (Å²) in [5.41, 5.74) is 1.48. The lowest BCUT2D eigenvalue weighted by atomic mass is 9.89. The van der Waals surface area contributed by atoms with E-state index in [1.165, 1.54) is 11.6 Å². The number of rotatable bonds is 5. The molecule has 0 radical (unpaired) electrons. The Kier molecular flexibility index (Phi) is 6.27. The Hall–Kier alpha value is -2.15. The number of aliphatic hydroxyl groups is 1. The molecule has 0 unspecified atom stereocenters. The van der Waals surface area contributed by atoms with Gasteiger partial charge in [-0.2, -0.15) is 0 Å². The zero-order valence-corrected chi connectivity index (χ0v) is 17.9. The Morgan fingerprint density at radius 2 is 1.80 bits per heavy atom. The van der Waals surface area contributed by atoms with Crippen LogP contribution in [-0.4, -0.2) is 73.9 Å². The molecule has 1 atom stereocenters. The molecule has 2 fully saturated rings. The molecule has 0 spiro atoms.